The van der Waals surface area contributed by atoms with E-state index in [-0.39, 0.29) is 103 Å². The third kappa shape index (κ3) is 45.0. The fourth-order valence-electron chi connectivity index (χ4n) is 14.9. The molecule has 0 radical (unpaired) electrons. The number of rotatable bonds is 70. The lowest BCUT2D eigenvalue weighted by Gasteiger charge is -2.34. The molecule has 0 saturated carbocycles. The van der Waals surface area contributed by atoms with E-state index in [1.54, 1.807) is 44.2 Å². The van der Waals surface area contributed by atoms with Crippen molar-refractivity contribution in [1.29, 1.82) is 10.8 Å². The SMILES string of the molecule is CCCCCCCC(=O)N(C(=O)[C@H](CO)NC(=O)[C@H](CO)NC(=O)CN)[C@@H](Cc1ccccc1)C(=O)N[C@@H](CC(C)C)C(=O)N[C@@H](CO)C(=O)N1CCC[C@H]1C(=O)N[C@@H](CCC(=O)O)C(=O)N[C@@H](Cc1c[nH]cn1)C(=O)N[C@@H](CCC(N)=O)C(=O)N[C@@H](CCCNC(=N)N)C(=O)N[C@H](C(=O)N[C@@H](CCC(N)=O)C(=O)N[C@@H](CCC(N)=O)C(=O)N[C@@H](CCCNC(=N)N)C(=O)N[C@@H](CCCCN)C(=O)O)C(C)C. The van der Waals surface area contributed by atoms with Crippen LogP contribution >= 0.6 is 0 Å². The summed E-state index contributed by atoms with van der Waals surface area (Å²) in [4.78, 5) is 301. The molecule has 0 aliphatic carbocycles. The number of unbranched alkanes of at least 4 members (excludes halogenated alkanes) is 5. The van der Waals surface area contributed by atoms with Gasteiger partial charge >= 0.3 is 11.9 Å². The van der Waals surface area contributed by atoms with Crippen molar-refractivity contribution in [2.45, 2.75) is 292 Å². The fourth-order valence-corrected chi connectivity index (χ4v) is 14.9. The number of hydrogen-bond donors (Lipinski definition) is 30. The number of nitrogens with one attached hydrogen (secondary N) is 18. The summed E-state index contributed by atoms with van der Waals surface area (Å²) in [6.07, 6.45) is -1.25. The van der Waals surface area contributed by atoms with Gasteiger partial charge in [-0.05, 0) is 120 Å². The number of aliphatic hydroxyl groups is 3. The normalized spacial score (nSPS) is 15.1. The minimum absolute atomic E-state index is 0.00960. The van der Waals surface area contributed by atoms with Crippen LogP contribution in [0.4, 0.5) is 0 Å². The van der Waals surface area contributed by atoms with E-state index in [9.17, 15) is 121 Å². The first-order valence-electron chi connectivity index (χ1n) is 47.0. The Bertz CT molecular complexity index is 4570. The van der Waals surface area contributed by atoms with Gasteiger partial charge in [0.15, 0.2) is 11.9 Å². The smallest absolute Gasteiger partial charge is 0.326 e. The van der Waals surface area contributed by atoms with E-state index in [0.29, 0.717) is 29.7 Å². The highest BCUT2D eigenvalue weighted by Crippen LogP contribution is 2.23. The number of nitrogens with two attached hydrogens (primary N) is 7. The molecule has 0 unspecified atom stereocenters. The molecule has 54 heteroatoms. The van der Waals surface area contributed by atoms with Crippen LogP contribution in [-0.4, -0.2) is 325 Å². The average molecular weight is 2010 g/mol. The molecule has 1 aromatic carbocycles. The monoisotopic (exact) mass is 2010 g/mol. The molecule has 0 spiro atoms. The zero-order valence-corrected chi connectivity index (χ0v) is 80.6. The van der Waals surface area contributed by atoms with Crippen molar-refractivity contribution in [3.8, 4) is 0 Å². The van der Waals surface area contributed by atoms with Gasteiger partial charge in [0.2, 0.25) is 106 Å². The number of aliphatic hydroxyl groups excluding tert-OH is 3. The third-order valence-corrected chi connectivity index (χ3v) is 22.5. The van der Waals surface area contributed by atoms with Gasteiger partial charge < -0.3 is 155 Å². The highest BCUT2D eigenvalue weighted by molar-refractivity contribution is 6.06. The minimum Gasteiger partial charge on any atom is -0.481 e. The number of guanidine groups is 2. The van der Waals surface area contributed by atoms with Crippen molar-refractivity contribution < 1.29 is 126 Å². The Balaban J connectivity index is 2.06. The number of aromatic nitrogens is 2. The third-order valence-electron chi connectivity index (χ3n) is 22.5. The number of carbonyl (C=O) groups excluding carboxylic acids is 19. The van der Waals surface area contributed by atoms with Crippen LogP contribution in [0.3, 0.4) is 0 Å². The number of benzene rings is 1. The molecule has 142 heavy (non-hydrogen) atoms. The quantitative estimate of drug-likeness (QED) is 0.0166. The number of primary amides is 3. The maximum atomic E-state index is 15.2. The molecule has 792 valence electrons. The van der Waals surface area contributed by atoms with Gasteiger partial charge in [0.25, 0.3) is 5.91 Å². The Hall–Kier alpha value is -14.2. The lowest BCUT2D eigenvalue weighted by Crippen LogP contribution is -2.63. The van der Waals surface area contributed by atoms with Gasteiger partial charge in [0.1, 0.15) is 90.6 Å². The topological polar surface area (TPSA) is 905 Å². The molecule has 54 nitrogen and oxygen atoms in total. The number of amides is 19. The van der Waals surface area contributed by atoms with Gasteiger partial charge in [0, 0.05) is 70.8 Å². The van der Waals surface area contributed by atoms with Crippen LogP contribution in [0.5, 0.6) is 0 Å². The number of carboxylic acid groups (broad SMARTS) is 2. The predicted octanol–water partition coefficient (Wildman–Crippen LogP) is -9.39. The summed E-state index contributed by atoms with van der Waals surface area (Å²) in [6, 6.07) is -18.3. The van der Waals surface area contributed by atoms with Gasteiger partial charge in [-0.1, -0.05) is 90.6 Å². The molecule has 3 rings (SSSR count). The van der Waals surface area contributed by atoms with E-state index >= 15 is 4.79 Å². The lowest BCUT2D eigenvalue weighted by molar-refractivity contribution is -0.155. The molecule has 37 N–H and O–H groups in total. The van der Waals surface area contributed by atoms with Gasteiger partial charge in [-0.15, -0.1) is 0 Å². The second-order valence-corrected chi connectivity index (χ2v) is 34.9. The Morgan fingerprint density at radius 3 is 1.36 bits per heavy atom. The van der Waals surface area contributed by atoms with Gasteiger partial charge in [-0.25, -0.2) is 9.78 Å². The van der Waals surface area contributed by atoms with Crippen LogP contribution < -0.4 is 120 Å². The number of likely N-dealkylation sites (tertiary alicyclic amines) is 1. The number of aliphatic carboxylic acids is 2. The van der Waals surface area contributed by atoms with Crippen molar-refractivity contribution in [2.24, 2.45) is 52.0 Å². The standard InChI is InChI=1S/C88H144N28O26/c1-6-7-8-9-13-25-69(124)116(85(140)62(45-119)113-80(135)60(43-117)102-68(123)41-90)64(39-49-19-11-10-12-20-49)82(137)111-58(38-47(2)3)78(133)112-61(44-118)84(139)115-37-18-24-63(115)81(136)107-56(29-33-70(125)126)76(131)110-59(40-50-42-98-46-101-50)79(134)106-54(27-31-66(92)121)74(129)104-52(23-17-36-100-88(96)97)77(132)114-71(48(4)5)83(138)108-55(28-32-67(93)122)75(130)105-53(26-30-65(91)120)73(128)103-51(22-16-35-99-87(94)95)72(127)109-57(86(141)142)21-14-15-34-89/h10-12,19-20,42,46-48,51-64,71,117-119H,6-9,13-18,21-41,43-45,89-90H2,1-5H3,(H2,91,120)(H2,92,121)(H2,93,122)(H,98,101)(H,102,123)(H,103,128)(H,104,129)(H,105,130)(H,106,134)(H,107,136)(H,108,138)(H,109,127)(H,110,131)(H,111,137)(H,112,133)(H,113,135)(H,114,132)(H,125,126)(H,141,142)(H4,94,95,99)(H4,96,97,100)/t51-,52-,53-,54-,55-,56-,57-,58-,59-,60-,61-,62-,63-,64-,71-/m0/s1. The highest BCUT2D eigenvalue weighted by Gasteiger charge is 2.45. The second-order valence-electron chi connectivity index (χ2n) is 34.9. The number of aromatic amines is 1. The second kappa shape index (κ2) is 65.0. The van der Waals surface area contributed by atoms with Gasteiger partial charge in [-0.2, -0.15) is 0 Å². The summed E-state index contributed by atoms with van der Waals surface area (Å²) in [6.45, 7) is 4.05. The Kier molecular flexibility index (Phi) is 55.8. The molecule has 19 amide bonds. The van der Waals surface area contributed by atoms with Crippen LogP contribution in [0.15, 0.2) is 42.9 Å². The van der Waals surface area contributed by atoms with E-state index in [4.69, 9.17) is 51.0 Å². The molecule has 1 aromatic heterocycles. The van der Waals surface area contributed by atoms with Crippen LogP contribution in [0.25, 0.3) is 0 Å². The molecule has 2 heterocycles. The number of imidazole rings is 1. The number of carboxylic acids is 2. The molecule has 0 bridgehead atoms. The van der Waals surface area contributed by atoms with Crippen molar-refractivity contribution in [2.75, 3.05) is 52.5 Å². The molecule has 1 aliphatic heterocycles. The van der Waals surface area contributed by atoms with Crippen molar-refractivity contribution in [3.05, 3.63) is 54.1 Å². The summed E-state index contributed by atoms with van der Waals surface area (Å²) < 4.78 is 0. The Morgan fingerprint density at radius 1 is 0.465 bits per heavy atom. The predicted molar refractivity (Wildman–Crippen MR) is 507 cm³/mol. The summed E-state index contributed by atoms with van der Waals surface area (Å²) in [5.41, 5.74) is 38.9. The largest absolute Gasteiger partial charge is 0.481 e. The van der Waals surface area contributed by atoms with Crippen LogP contribution in [0.2, 0.25) is 0 Å². The maximum absolute atomic E-state index is 15.2. The summed E-state index contributed by atoms with van der Waals surface area (Å²) in [7, 11) is 0. The Labute approximate surface area is 820 Å². The van der Waals surface area contributed by atoms with Crippen molar-refractivity contribution in [3.63, 3.8) is 0 Å². The number of carbonyl (C=O) groups is 21. The van der Waals surface area contributed by atoms with Gasteiger partial charge in [0.05, 0.1) is 38.4 Å². The molecule has 1 saturated heterocycles. The maximum Gasteiger partial charge on any atom is 0.326 e. The molecular weight excluding hydrogens is 1870 g/mol. The van der Waals surface area contributed by atoms with E-state index < -0.39 is 329 Å². The summed E-state index contributed by atoms with van der Waals surface area (Å²) in [5.74, 6) is -26.3. The first kappa shape index (κ1) is 122. The fraction of sp³-hybridized carbons (Fsp3) is 0.636. The van der Waals surface area contributed by atoms with E-state index in [1.807, 2.05) is 6.92 Å². The number of hydrogen-bond acceptors (Lipinski definition) is 29. The summed E-state index contributed by atoms with van der Waals surface area (Å²) >= 11 is 0. The Morgan fingerprint density at radius 2 is 0.901 bits per heavy atom. The van der Waals surface area contributed by atoms with E-state index in [1.165, 1.54) is 26.4 Å². The summed E-state index contributed by atoms with van der Waals surface area (Å²) in [5, 5.41) is 103. The number of imide groups is 1. The van der Waals surface area contributed by atoms with Crippen LogP contribution in [0.1, 0.15) is 200 Å². The molecule has 2 aromatic rings. The van der Waals surface area contributed by atoms with Crippen molar-refractivity contribution in [1.82, 2.24) is 99.5 Å². The molecular formula is C88H144N28O26. The van der Waals surface area contributed by atoms with Crippen LogP contribution in [-0.2, 0) is 114 Å². The average Bonchev–Trinajstić information content (AvgIpc) is 1.14. The minimum atomic E-state index is -1.99. The van der Waals surface area contributed by atoms with Crippen LogP contribution in [0, 0.1) is 22.7 Å². The van der Waals surface area contributed by atoms with Crippen molar-refractivity contribution >= 4 is 136 Å². The molecule has 15 atom stereocenters. The first-order chi connectivity index (χ1) is 67.2. The van der Waals surface area contributed by atoms with Gasteiger partial charge in [-0.3, -0.25) is 112 Å². The number of nitrogens with zero attached hydrogens (tertiary/aromatic N) is 3. The lowest BCUT2D eigenvalue weighted by atomic mass is 9.99. The van der Waals surface area contributed by atoms with E-state index in [2.05, 4.69) is 89.7 Å². The molecule has 1 fully saturated rings. The number of H-pyrrole nitrogens is 1. The zero-order chi connectivity index (χ0) is 106. The van der Waals surface area contributed by atoms with E-state index in [0.717, 1.165) is 17.7 Å². The molecule has 1 aliphatic rings. The zero-order valence-electron chi connectivity index (χ0n) is 80.6. The first-order valence-corrected chi connectivity index (χ1v) is 47.0. The highest BCUT2D eigenvalue weighted by atomic mass is 16.4.